The molecule has 6 heteroatoms. The van der Waals surface area contributed by atoms with E-state index in [0.717, 1.165) is 31.3 Å². The molecule has 2 heterocycles. The minimum Gasteiger partial charge on any atom is -0.504 e. The topological polar surface area (TPSA) is 73.9 Å². The second-order valence-corrected chi connectivity index (χ2v) is 7.12. The molecule has 5 nitrogen and oxygen atoms in total. The van der Waals surface area contributed by atoms with E-state index in [2.05, 4.69) is 11.8 Å². The van der Waals surface area contributed by atoms with Gasteiger partial charge in [-0.15, -0.1) is 0 Å². The Balaban J connectivity index is 1.77. The number of hydrogen-bond donors (Lipinski definition) is 2. The molecule has 0 amide bonds. The van der Waals surface area contributed by atoms with E-state index >= 15 is 0 Å². The van der Waals surface area contributed by atoms with Gasteiger partial charge in [-0.2, -0.15) is 4.39 Å². The van der Waals surface area contributed by atoms with Gasteiger partial charge in [0, 0.05) is 24.3 Å². The molecule has 0 unspecified atom stereocenters. The van der Waals surface area contributed by atoms with Crippen LogP contribution in [0.1, 0.15) is 19.8 Å². The molecule has 1 fully saturated rings. The molecule has 0 saturated carbocycles. The van der Waals surface area contributed by atoms with Crippen molar-refractivity contribution >= 4 is 16.7 Å². The molecule has 0 spiro atoms. The Labute approximate surface area is 155 Å². The number of anilines is 1. The van der Waals surface area contributed by atoms with Crippen molar-refractivity contribution in [3.8, 4) is 22.8 Å². The van der Waals surface area contributed by atoms with Crippen LogP contribution in [0.4, 0.5) is 10.1 Å². The molecule has 0 bridgehead atoms. The molecule has 27 heavy (non-hydrogen) atoms. The summed E-state index contributed by atoms with van der Waals surface area (Å²) in [7, 11) is 0. The third-order valence-electron chi connectivity index (χ3n) is 5.11. The lowest BCUT2D eigenvalue weighted by Crippen LogP contribution is -2.34. The highest BCUT2D eigenvalue weighted by atomic mass is 19.1. The molecule has 1 saturated heterocycles. The third-order valence-corrected chi connectivity index (χ3v) is 5.11. The zero-order chi connectivity index (χ0) is 19.1. The van der Waals surface area contributed by atoms with Crippen molar-refractivity contribution < 1.29 is 19.0 Å². The van der Waals surface area contributed by atoms with Crippen molar-refractivity contribution in [1.82, 2.24) is 0 Å². The van der Waals surface area contributed by atoms with Crippen LogP contribution in [0.3, 0.4) is 0 Å². The number of benzene rings is 2. The van der Waals surface area contributed by atoms with Crippen molar-refractivity contribution in [2.45, 2.75) is 19.8 Å². The van der Waals surface area contributed by atoms with E-state index in [9.17, 15) is 19.4 Å². The maximum Gasteiger partial charge on any atom is 0.229 e. The van der Waals surface area contributed by atoms with Gasteiger partial charge in [0.1, 0.15) is 0 Å². The van der Waals surface area contributed by atoms with Crippen molar-refractivity contribution in [2.75, 3.05) is 18.0 Å². The summed E-state index contributed by atoms with van der Waals surface area (Å²) in [4.78, 5) is 14.6. The van der Waals surface area contributed by atoms with Crippen LogP contribution < -0.4 is 10.3 Å². The molecule has 1 aliphatic heterocycles. The summed E-state index contributed by atoms with van der Waals surface area (Å²) >= 11 is 0. The molecular formula is C21H20FNO4. The first kappa shape index (κ1) is 17.4. The number of rotatable bonds is 2. The summed E-state index contributed by atoms with van der Waals surface area (Å²) in [6.07, 6.45) is 2.36. The van der Waals surface area contributed by atoms with Gasteiger partial charge in [0.05, 0.1) is 5.39 Å². The number of phenols is 2. The molecule has 4 rings (SSSR count). The standard InChI is InChI=1S/C21H20FNO4/c1-12-3-2-10-23(11-12)14-6-4-13(5-7-14)20-17(22)18(25)15-8-9-16(24)19(26)21(15)27-20/h4-9,12,24,26H,2-3,10-11H2,1H3/t12-/m0/s1. The summed E-state index contributed by atoms with van der Waals surface area (Å²) in [6.45, 7) is 4.18. The van der Waals surface area contributed by atoms with E-state index in [-0.39, 0.29) is 16.7 Å². The first-order valence-corrected chi connectivity index (χ1v) is 8.98. The van der Waals surface area contributed by atoms with Crippen LogP contribution >= 0.6 is 0 Å². The minimum absolute atomic E-state index is 0.120. The van der Waals surface area contributed by atoms with Gasteiger partial charge in [-0.3, -0.25) is 4.79 Å². The predicted molar refractivity (Wildman–Crippen MR) is 102 cm³/mol. The van der Waals surface area contributed by atoms with Crippen LogP contribution in [0.15, 0.2) is 45.6 Å². The lowest BCUT2D eigenvalue weighted by molar-refractivity contribution is 0.398. The van der Waals surface area contributed by atoms with Crippen LogP contribution in [-0.2, 0) is 0 Å². The summed E-state index contributed by atoms with van der Waals surface area (Å²) in [6, 6.07) is 9.49. The molecule has 1 aliphatic rings. The monoisotopic (exact) mass is 369 g/mol. The van der Waals surface area contributed by atoms with E-state index < -0.39 is 22.7 Å². The molecule has 0 radical (unpaired) electrons. The smallest absolute Gasteiger partial charge is 0.229 e. The normalized spacial score (nSPS) is 17.4. The van der Waals surface area contributed by atoms with Gasteiger partial charge in [0.15, 0.2) is 17.1 Å². The minimum atomic E-state index is -1.02. The number of hydrogen-bond acceptors (Lipinski definition) is 5. The van der Waals surface area contributed by atoms with Crippen molar-refractivity contribution in [3.63, 3.8) is 0 Å². The summed E-state index contributed by atoms with van der Waals surface area (Å²) in [5, 5.41) is 19.5. The second-order valence-electron chi connectivity index (χ2n) is 7.12. The largest absolute Gasteiger partial charge is 0.504 e. The van der Waals surface area contributed by atoms with Crippen LogP contribution in [0, 0.1) is 11.7 Å². The number of halogens is 1. The lowest BCUT2D eigenvalue weighted by Gasteiger charge is -2.32. The summed E-state index contributed by atoms with van der Waals surface area (Å²) < 4.78 is 20.1. The van der Waals surface area contributed by atoms with Crippen molar-refractivity contribution in [1.29, 1.82) is 0 Å². The lowest BCUT2D eigenvalue weighted by atomic mass is 9.99. The fraction of sp³-hybridized carbons (Fsp3) is 0.286. The first-order valence-electron chi connectivity index (χ1n) is 8.98. The number of fused-ring (bicyclic) bond motifs is 1. The maximum atomic E-state index is 14.6. The van der Waals surface area contributed by atoms with Crippen LogP contribution in [-0.4, -0.2) is 23.3 Å². The maximum absolute atomic E-state index is 14.6. The molecule has 2 aromatic carbocycles. The van der Waals surface area contributed by atoms with Crippen molar-refractivity contribution in [2.24, 2.45) is 5.92 Å². The Kier molecular flexibility index (Phi) is 4.26. The molecular weight excluding hydrogens is 349 g/mol. The van der Waals surface area contributed by atoms with Crippen molar-refractivity contribution in [3.05, 3.63) is 52.4 Å². The van der Waals surface area contributed by atoms with E-state index in [4.69, 9.17) is 4.42 Å². The Morgan fingerprint density at radius 1 is 1.15 bits per heavy atom. The fourth-order valence-corrected chi connectivity index (χ4v) is 3.64. The van der Waals surface area contributed by atoms with Crippen LogP contribution in [0.2, 0.25) is 0 Å². The highest BCUT2D eigenvalue weighted by Gasteiger charge is 2.20. The average molecular weight is 369 g/mol. The third kappa shape index (κ3) is 3.01. The van der Waals surface area contributed by atoms with Gasteiger partial charge >= 0.3 is 0 Å². The van der Waals surface area contributed by atoms with Crippen LogP contribution in [0.5, 0.6) is 11.5 Å². The van der Waals surface area contributed by atoms with Gasteiger partial charge in [-0.25, -0.2) is 0 Å². The zero-order valence-electron chi connectivity index (χ0n) is 14.9. The summed E-state index contributed by atoms with van der Waals surface area (Å²) in [5.74, 6) is -1.66. The molecule has 1 aromatic heterocycles. The zero-order valence-corrected chi connectivity index (χ0v) is 14.9. The Morgan fingerprint density at radius 3 is 2.59 bits per heavy atom. The molecule has 1 atom stereocenters. The molecule has 140 valence electrons. The molecule has 2 N–H and O–H groups in total. The Hall–Kier alpha value is -3.02. The SMILES string of the molecule is C[C@H]1CCCN(c2ccc(-c3oc4c(O)c(O)ccc4c(=O)c3F)cc2)C1. The molecule has 3 aromatic rings. The quantitative estimate of drug-likeness (QED) is 0.661. The van der Waals surface area contributed by atoms with Gasteiger partial charge in [0.2, 0.25) is 17.0 Å². The van der Waals surface area contributed by atoms with Crippen LogP contribution in [0.25, 0.3) is 22.3 Å². The molecule has 0 aliphatic carbocycles. The number of piperidine rings is 1. The number of aromatic hydroxyl groups is 2. The van der Waals surface area contributed by atoms with E-state index in [1.54, 1.807) is 12.1 Å². The Morgan fingerprint density at radius 2 is 1.89 bits per heavy atom. The average Bonchev–Trinajstić information content (AvgIpc) is 2.68. The summed E-state index contributed by atoms with van der Waals surface area (Å²) in [5.41, 5.74) is 0.318. The highest BCUT2D eigenvalue weighted by molar-refractivity contribution is 5.86. The Bertz CT molecular complexity index is 1060. The second kappa shape index (κ2) is 6.61. The number of phenolic OH excluding ortho intramolecular Hbond substituents is 2. The number of nitrogens with zero attached hydrogens (tertiary/aromatic N) is 1. The van der Waals surface area contributed by atoms with Gasteiger partial charge in [-0.1, -0.05) is 6.92 Å². The van der Waals surface area contributed by atoms with E-state index in [1.165, 1.54) is 12.5 Å². The van der Waals surface area contributed by atoms with E-state index in [0.29, 0.717) is 11.5 Å². The first-order chi connectivity index (χ1) is 13.0. The predicted octanol–water partition coefficient (Wildman–Crippen LogP) is 4.25. The van der Waals surface area contributed by atoms with E-state index in [1.807, 2.05) is 12.1 Å². The highest BCUT2D eigenvalue weighted by Crippen LogP contribution is 2.35. The van der Waals surface area contributed by atoms with Gasteiger partial charge < -0.3 is 19.5 Å². The fourth-order valence-electron chi connectivity index (χ4n) is 3.64. The van der Waals surface area contributed by atoms with Gasteiger partial charge in [-0.05, 0) is 55.2 Å². The van der Waals surface area contributed by atoms with Gasteiger partial charge in [0.25, 0.3) is 0 Å².